The first kappa shape index (κ1) is 20.3. The molecule has 0 atom stereocenters. The van der Waals surface area contributed by atoms with Crippen LogP contribution >= 0.6 is 0 Å². The number of hydrogen-bond donors (Lipinski definition) is 3. The molecule has 1 saturated carbocycles. The van der Waals surface area contributed by atoms with Crippen LogP contribution < -0.4 is 10.2 Å². The molecule has 3 N–H and O–H groups in total. The van der Waals surface area contributed by atoms with E-state index >= 15 is 0 Å². The highest BCUT2D eigenvalue weighted by molar-refractivity contribution is 6.10. The second-order valence-electron chi connectivity index (χ2n) is 8.01. The van der Waals surface area contributed by atoms with E-state index in [2.05, 4.69) is 15.2 Å². The number of methoxy groups -OCH3 is 1. The molecule has 2 heterocycles. The van der Waals surface area contributed by atoms with E-state index in [1.165, 1.54) is 0 Å². The number of hydrogen-bond acceptors (Lipinski definition) is 6. The fraction of sp³-hybridized carbons (Fsp3) is 0.435. The molecule has 1 aliphatic carbocycles. The van der Waals surface area contributed by atoms with E-state index in [0.717, 1.165) is 62.1 Å². The zero-order valence-electron chi connectivity index (χ0n) is 17.2. The van der Waals surface area contributed by atoms with Gasteiger partial charge in [0, 0.05) is 37.5 Å². The van der Waals surface area contributed by atoms with E-state index in [-0.39, 0.29) is 17.7 Å². The zero-order valence-corrected chi connectivity index (χ0v) is 17.2. The molecule has 0 unspecified atom stereocenters. The Morgan fingerprint density at radius 2 is 1.90 bits per heavy atom. The number of aromatic carboxylic acids is 1. The molecule has 1 aromatic carbocycles. The number of piperidine rings is 1. The molecule has 2 aliphatic rings. The lowest BCUT2D eigenvalue weighted by Gasteiger charge is -2.36. The van der Waals surface area contributed by atoms with Gasteiger partial charge in [0.15, 0.2) is 5.69 Å². The lowest BCUT2D eigenvalue weighted by atomic mass is 9.79. The molecule has 0 bridgehead atoms. The molecule has 7 heteroatoms. The van der Waals surface area contributed by atoms with Crippen LogP contribution in [0.1, 0.15) is 48.2 Å². The molecule has 1 aromatic heterocycles. The molecular formula is C23H28N4O3. The highest BCUT2D eigenvalue weighted by Gasteiger charge is 2.31. The van der Waals surface area contributed by atoms with Crippen LogP contribution in [0.25, 0.3) is 0 Å². The molecule has 2 fully saturated rings. The number of carboxylic acid groups (broad SMARTS) is 1. The molecule has 0 amide bonds. The monoisotopic (exact) mass is 408 g/mol. The number of benzene rings is 1. The molecule has 0 spiro atoms. The topological polar surface area (TPSA) is 98.5 Å². The Kier molecular flexibility index (Phi) is 5.99. The van der Waals surface area contributed by atoms with Gasteiger partial charge in [-0.15, -0.1) is 0 Å². The molecule has 7 nitrogen and oxygen atoms in total. The molecule has 1 aliphatic heterocycles. The number of ether oxygens (including phenoxy) is 1. The number of aromatic nitrogens is 1. The maximum atomic E-state index is 11.8. The first-order valence-electron chi connectivity index (χ1n) is 10.5. The van der Waals surface area contributed by atoms with Crippen LogP contribution in [-0.2, 0) is 4.74 Å². The molecule has 2 aromatic rings. The maximum absolute atomic E-state index is 11.8. The predicted molar refractivity (Wildman–Crippen MR) is 117 cm³/mol. The minimum absolute atomic E-state index is 0.0116. The summed E-state index contributed by atoms with van der Waals surface area (Å²) in [5.41, 5.74) is 2.87. The largest absolute Gasteiger partial charge is 0.477 e. The van der Waals surface area contributed by atoms with Gasteiger partial charge >= 0.3 is 5.97 Å². The first-order valence-corrected chi connectivity index (χ1v) is 10.5. The lowest BCUT2D eigenvalue weighted by Crippen LogP contribution is -2.38. The summed E-state index contributed by atoms with van der Waals surface area (Å²) in [5.74, 6) is -0.420. The third-order valence-corrected chi connectivity index (χ3v) is 6.15. The summed E-state index contributed by atoms with van der Waals surface area (Å²) in [4.78, 5) is 18.4. The lowest BCUT2D eigenvalue weighted by molar-refractivity contribution is 0.0690. The minimum Gasteiger partial charge on any atom is -0.477 e. The van der Waals surface area contributed by atoms with Crippen molar-refractivity contribution in [1.82, 2.24) is 4.98 Å². The van der Waals surface area contributed by atoms with Gasteiger partial charge in [-0.05, 0) is 43.9 Å². The summed E-state index contributed by atoms with van der Waals surface area (Å²) in [7, 11) is 1.73. The van der Waals surface area contributed by atoms with E-state index < -0.39 is 5.97 Å². The SMILES string of the molecule is COC1CCN(c2cc(C(=O)O)nc(Nc3ccccc3)c2C(=N)C2CCC2)CC1. The number of nitrogens with zero attached hydrogens (tertiary/aromatic N) is 2. The summed E-state index contributed by atoms with van der Waals surface area (Å²) in [6.45, 7) is 1.52. The van der Waals surface area contributed by atoms with Crippen LogP contribution in [0, 0.1) is 11.3 Å². The van der Waals surface area contributed by atoms with Gasteiger partial charge in [-0.2, -0.15) is 0 Å². The van der Waals surface area contributed by atoms with Crippen LogP contribution in [0.5, 0.6) is 0 Å². The molecule has 158 valence electrons. The van der Waals surface area contributed by atoms with Crippen molar-refractivity contribution in [1.29, 1.82) is 5.41 Å². The van der Waals surface area contributed by atoms with Crippen molar-refractivity contribution in [2.24, 2.45) is 5.92 Å². The Morgan fingerprint density at radius 1 is 1.20 bits per heavy atom. The van der Waals surface area contributed by atoms with Crippen LogP contribution in [0.15, 0.2) is 36.4 Å². The van der Waals surface area contributed by atoms with Crippen molar-refractivity contribution in [3.63, 3.8) is 0 Å². The van der Waals surface area contributed by atoms with E-state index in [1.54, 1.807) is 13.2 Å². The molecule has 30 heavy (non-hydrogen) atoms. The molecule has 4 rings (SSSR count). The number of carboxylic acids is 1. The van der Waals surface area contributed by atoms with E-state index in [1.807, 2.05) is 30.3 Å². The number of rotatable bonds is 7. The predicted octanol–water partition coefficient (Wildman–Crippen LogP) is 4.31. The average molecular weight is 409 g/mol. The summed E-state index contributed by atoms with van der Waals surface area (Å²) >= 11 is 0. The quantitative estimate of drug-likeness (QED) is 0.591. The second kappa shape index (κ2) is 8.83. The number of pyridine rings is 1. The van der Waals surface area contributed by atoms with Gasteiger partial charge in [-0.1, -0.05) is 24.6 Å². The van der Waals surface area contributed by atoms with Gasteiger partial charge in [-0.3, -0.25) is 0 Å². The van der Waals surface area contributed by atoms with Gasteiger partial charge in [0.25, 0.3) is 0 Å². The van der Waals surface area contributed by atoms with Gasteiger partial charge in [0.1, 0.15) is 5.82 Å². The Balaban J connectivity index is 1.79. The molecule has 0 radical (unpaired) electrons. The van der Waals surface area contributed by atoms with Gasteiger partial charge in [0.05, 0.1) is 17.4 Å². The van der Waals surface area contributed by atoms with Crippen molar-refractivity contribution in [3.05, 3.63) is 47.7 Å². The normalized spacial score (nSPS) is 17.4. The Morgan fingerprint density at radius 3 is 2.47 bits per heavy atom. The Labute approximate surface area is 176 Å². The standard InChI is InChI=1S/C23H28N4O3/c1-30-17-10-12-27(13-11-17)19-14-18(23(28)29)26-22(25-16-8-3-2-4-9-16)20(19)21(24)15-6-5-7-15/h2-4,8-9,14-15,17,24H,5-7,10-13H2,1H3,(H,25,26)(H,28,29). The smallest absolute Gasteiger partial charge is 0.354 e. The van der Waals surface area contributed by atoms with Crippen LogP contribution in [-0.4, -0.2) is 48.1 Å². The Bertz CT molecular complexity index is 920. The molecular weight excluding hydrogens is 380 g/mol. The van der Waals surface area contributed by atoms with Crippen molar-refractivity contribution < 1.29 is 14.6 Å². The zero-order chi connectivity index (χ0) is 21.1. The number of carbonyl (C=O) groups is 1. The van der Waals surface area contributed by atoms with Gasteiger partial charge < -0.3 is 25.5 Å². The fourth-order valence-corrected chi connectivity index (χ4v) is 4.14. The van der Waals surface area contributed by atoms with Gasteiger partial charge in [-0.25, -0.2) is 9.78 Å². The van der Waals surface area contributed by atoms with Crippen LogP contribution in [0.4, 0.5) is 17.2 Å². The van der Waals surface area contributed by atoms with Crippen LogP contribution in [0.2, 0.25) is 0 Å². The highest BCUT2D eigenvalue weighted by Crippen LogP contribution is 2.38. The number of anilines is 3. The van der Waals surface area contributed by atoms with E-state index in [4.69, 9.17) is 10.1 Å². The summed E-state index contributed by atoms with van der Waals surface area (Å²) in [6.07, 6.45) is 5.09. The van der Waals surface area contributed by atoms with Crippen molar-refractivity contribution in [2.45, 2.75) is 38.2 Å². The van der Waals surface area contributed by atoms with Crippen molar-refractivity contribution in [3.8, 4) is 0 Å². The van der Waals surface area contributed by atoms with Gasteiger partial charge in [0.2, 0.25) is 0 Å². The molecule has 1 saturated heterocycles. The van der Waals surface area contributed by atoms with Crippen molar-refractivity contribution >= 4 is 28.9 Å². The summed E-state index contributed by atoms with van der Waals surface area (Å²) in [6, 6.07) is 11.2. The highest BCUT2D eigenvalue weighted by atomic mass is 16.5. The van der Waals surface area contributed by atoms with E-state index in [0.29, 0.717) is 11.5 Å². The third kappa shape index (κ3) is 4.16. The fourth-order valence-electron chi connectivity index (χ4n) is 4.14. The average Bonchev–Trinajstić information content (AvgIpc) is 2.72. The first-order chi connectivity index (χ1) is 14.6. The number of nitrogens with one attached hydrogen (secondary N) is 2. The van der Waals surface area contributed by atoms with E-state index in [9.17, 15) is 9.90 Å². The maximum Gasteiger partial charge on any atom is 0.354 e. The van der Waals surface area contributed by atoms with Crippen molar-refractivity contribution in [2.75, 3.05) is 30.4 Å². The second-order valence-corrected chi connectivity index (χ2v) is 8.01. The number of para-hydroxylation sites is 1. The Hall–Kier alpha value is -2.93. The summed E-state index contributed by atoms with van der Waals surface area (Å²) < 4.78 is 5.49. The summed E-state index contributed by atoms with van der Waals surface area (Å²) in [5, 5.41) is 21.9. The third-order valence-electron chi connectivity index (χ3n) is 6.15. The minimum atomic E-state index is -1.07. The van der Waals surface area contributed by atoms with Crippen LogP contribution in [0.3, 0.4) is 0 Å².